The molecule has 1 aliphatic heterocycles. The molecule has 0 radical (unpaired) electrons. The molecule has 0 spiro atoms. The van der Waals surface area contributed by atoms with Gasteiger partial charge in [0.2, 0.25) is 0 Å². The number of anilines is 1. The fourth-order valence-corrected chi connectivity index (χ4v) is 6.12. The lowest BCUT2D eigenvalue weighted by molar-refractivity contribution is -0.270. The van der Waals surface area contributed by atoms with Crippen molar-refractivity contribution < 1.29 is 41.0 Å². The van der Waals surface area contributed by atoms with Crippen LogP contribution in [0.2, 0.25) is 0 Å². The highest BCUT2D eigenvalue weighted by atomic mass is 19.4. The molecular formula is C28H28F6N6O3. The lowest BCUT2D eigenvalue weighted by atomic mass is 9.81. The number of nitrogens with two attached hydrogens (primary N) is 1. The fraction of sp³-hybridized carbons (Fsp3) is 0.500. The van der Waals surface area contributed by atoms with Crippen LogP contribution in [0.4, 0.5) is 32.2 Å². The standard InChI is InChI=1S/C28H28F6N6O3/c1-13(14-2-3-14)39-12-16-10-15(11-18(27(29,30)31)20(16)25(39)42)19-6-9-40-23(37-19)21(22(35)38-40)24(41)36-17-4-7-26(43,8-5-17)28(32,33)34/h6,9-11,13-14,17,43H,2-5,7-8,12H2,1H3,(H2,35,38)(H,36,41)/t13?,17-,26+. The van der Waals surface area contributed by atoms with E-state index in [4.69, 9.17) is 5.73 Å². The van der Waals surface area contributed by atoms with Crippen molar-refractivity contribution in [2.45, 2.75) is 82.0 Å². The second-order valence-corrected chi connectivity index (χ2v) is 11.7. The molecule has 2 saturated carbocycles. The second kappa shape index (κ2) is 9.82. The summed E-state index contributed by atoms with van der Waals surface area (Å²) in [7, 11) is 0. The Morgan fingerprint density at radius 1 is 1.14 bits per heavy atom. The van der Waals surface area contributed by atoms with Crippen molar-refractivity contribution in [2.24, 2.45) is 5.92 Å². The van der Waals surface area contributed by atoms with Crippen molar-refractivity contribution in [3.63, 3.8) is 0 Å². The van der Waals surface area contributed by atoms with Crippen LogP contribution in [0.15, 0.2) is 24.4 Å². The van der Waals surface area contributed by atoms with Crippen LogP contribution in [0, 0.1) is 5.92 Å². The predicted octanol–water partition coefficient (Wildman–Crippen LogP) is 4.72. The molecule has 2 aromatic heterocycles. The average Bonchev–Trinajstić information content (AvgIpc) is 3.65. The van der Waals surface area contributed by atoms with Crippen LogP contribution in [-0.4, -0.2) is 60.3 Å². The van der Waals surface area contributed by atoms with Crippen LogP contribution in [0.5, 0.6) is 0 Å². The third-order valence-electron chi connectivity index (χ3n) is 8.85. The Labute approximate surface area is 241 Å². The Morgan fingerprint density at radius 3 is 2.42 bits per heavy atom. The van der Waals surface area contributed by atoms with Crippen LogP contribution in [-0.2, 0) is 12.7 Å². The van der Waals surface area contributed by atoms with E-state index in [9.17, 15) is 41.0 Å². The average molecular weight is 611 g/mol. The van der Waals surface area contributed by atoms with Crippen molar-refractivity contribution in [3.8, 4) is 11.3 Å². The number of carbonyl (C=O) groups is 2. The Balaban J connectivity index is 1.31. The minimum absolute atomic E-state index is 0.0309. The molecule has 1 aromatic carbocycles. The minimum Gasteiger partial charge on any atom is -0.381 e. The first-order valence-electron chi connectivity index (χ1n) is 13.9. The van der Waals surface area contributed by atoms with Gasteiger partial charge in [-0.25, -0.2) is 9.50 Å². The van der Waals surface area contributed by atoms with Crippen molar-refractivity contribution in [1.82, 2.24) is 24.8 Å². The van der Waals surface area contributed by atoms with Crippen LogP contribution >= 0.6 is 0 Å². The number of amides is 2. The van der Waals surface area contributed by atoms with Gasteiger partial charge >= 0.3 is 12.4 Å². The minimum atomic E-state index is -4.82. The molecule has 230 valence electrons. The molecule has 9 nitrogen and oxygen atoms in total. The van der Waals surface area contributed by atoms with Gasteiger partial charge < -0.3 is 21.1 Å². The molecule has 1 unspecified atom stereocenters. The quantitative estimate of drug-likeness (QED) is 0.359. The number of rotatable bonds is 5. The first-order valence-corrected chi connectivity index (χ1v) is 13.9. The molecule has 0 bridgehead atoms. The van der Waals surface area contributed by atoms with Crippen LogP contribution < -0.4 is 11.1 Å². The highest BCUT2D eigenvalue weighted by molar-refractivity contribution is 6.04. The van der Waals surface area contributed by atoms with E-state index < -0.39 is 54.2 Å². The van der Waals surface area contributed by atoms with E-state index in [1.807, 2.05) is 6.92 Å². The van der Waals surface area contributed by atoms with Crippen LogP contribution in [0.1, 0.15) is 77.3 Å². The van der Waals surface area contributed by atoms with Gasteiger partial charge in [-0.2, -0.15) is 26.3 Å². The van der Waals surface area contributed by atoms with Gasteiger partial charge in [0.25, 0.3) is 11.8 Å². The van der Waals surface area contributed by atoms with Gasteiger partial charge in [0, 0.05) is 30.4 Å². The van der Waals surface area contributed by atoms with E-state index in [0.29, 0.717) is 0 Å². The van der Waals surface area contributed by atoms with Crippen LogP contribution in [0.25, 0.3) is 16.9 Å². The van der Waals surface area contributed by atoms with E-state index >= 15 is 0 Å². The van der Waals surface area contributed by atoms with Gasteiger partial charge in [-0.05, 0) is 75.1 Å². The smallest absolute Gasteiger partial charge is 0.381 e. The van der Waals surface area contributed by atoms with E-state index in [0.717, 1.165) is 18.9 Å². The first kappa shape index (κ1) is 29.2. The third-order valence-corrected chi connectivity index (χ3v) is 8.85. The number of hydrogen-bond donors (Lipinski definition) is 3. The van der Waals surface area contributed by atoms with E-state index in [-0.39, 0.29) is 70.8 Å². The number of benzene rings is 1. The molecule has 2 fully saturated rings. The molecular weight excluding hydrogens is 582 g/mol. The topological polar surface area (TPSA) is 126 Å². The molecule has 0 saturated heterocycles. The summed E-state index contributed by atoms with van der Waals surface area (Å²) in [5, 5.41) is 16.6. The summed E-state index contributed by atoms with van der Waals surface area (Å²) in [5.41, 5.74) is 1.84. The molecule has 15 heteroatoms. The molecule has 43 heavy (non-hydrogen) atoms. The number of aliphatic hydroxyl groups is 1. The van der Waals surface area contributed by atoms with E-state index in [2.05, 4.69) is 15.4 Å². The lowest BCUT2D eigenvalue weighted by Gasteiger charge is -2.37. The molecule has 3 aliphatic rings. The zero-order valence-corrected chi connectivity index (χ0v) is 22.9. The highest BCUT2D eigenvalue weighted by Crippen LogP contribution is 2.44. The number of alkyl halides is 6. The fourth-order valence-electron chi connectivity index (χ4n) is 6.12. The number of hydrogen-bond acceptors (Lipinski definition) is 6. The summed E-state index contributed by atoms with van der Waals surface area (Å²) in [6.45, 7) is 1.87. The van der Waals surface area contributed by atoms with Gasteiger partial charge in [0.15, 0.2) is 17.1 Å². The molecule has 6 rings (SSSR count). The Morgan fingerprint density at radius 2 is 1.81 bits per heavy atom. The number of carbonyl (C=O) groups excluding carboxylic acids is 2. The molecule has 1 atom stereocenters. The number of fused-ring (bicyclic) bond motifs is 2. The van der Waals surface area contributed by atoms with Crippen molar-refractivity contribution >= 4 is 23.3 Å². The SMILES string of the molecule is CC(C1CC1)N1Cc2cc(-c3ccn4nc(N)c(C(=O)N[C@H]5CC[C@](O)(C(F)(F)F)CC5)c4n3)cc(C(F)(F)F)c2C1=O. The Bertz CT molecular complexity index is 1620. The first-order chi connectivity index (χ1) is 20.1. The Kier molecular flexibility index (Phi) is 6.67. The number of aromatic nitrogens is 3. The Hall–Kier alpha value is -3.88. The monoisotopic (exact) mass is 610 g/mol. The summed E-state index contributed by atoms with van der Waals surface area (Å²) in [6, 6.07) is 2.89. The van der Waals surface area contributed by atoms with Crippen molar-refractivity contribution in [3.05, 3.63) is 46.6 Å². The van der Waals surface area contributed by atoms with Gasteiger partial charge in [-0.3, -0.25) is 9.59 Å². The zero-order chi connectivity index (χ0) is 31.1. The van der Waals surface area contributed by atoms with Gasteiger partial charge in [0.05, 0.1) is 16.8 Å². The van der Waals surface area contributed by atoms with Gasteiger partial charge in [-0.1, -0.05) is 0 Å². The van der Waals surface area contributed by atoms with Gasteiger partial charge in [-0.15, -0.1) is 5.10 Å². The summed E-state index contributed by atoms with van der Waals surface area (Å²) in [5.74, 6) is -1.39. The third kappa shape index (κ3) is 5.06. The molecule has 2 amide bonds. The largest absolute Gasteiger partial charge is 0.417 e. The second-order valence-electron chi connectivity index (χ2n) is 11.7. The molecule has 4 N–H and O–H groups in total. The van der Waals surface area contributed by atoms with E-state index in [1.165, 1.54) is 27.7 Å². The number of nitrogens with one attached hydrogen (secondary N) is 1. The number of nitrogen functional groups attached to an aromatic ring is 1. The molecule has 2 aliphatic carbocycles. The molecule has 3 heterocycles. The maximum atomic E-state index is 14.2. The maximum absolute atomic E-state index is 14.2. The van der Waals surface area contributed by atoms with Gasteiger partial charge in [0.1, 0.15) is 5.56 Å². The summed E-state index contributed by atoms with van der Waals surface area (Å²) in [6.07, 6.45) is -7.84. The molecule has 3 aromatic rings. The normalized spacial score (nSPS) is 23.5. The number of nitrogens with zero attached hydrogens (tertiary/aromatic N) is 4. The zero-order valence-electron chi connectivity index (χ0n) is 22.9. The van der Waals surface area contributed by atoms with E-state index in [1.54, 1.807) is 0 Å². The number of halogens is 6. The maximum Gasteiger partial charge on any atom is 0.417 e. The highest BCUT2D eigenvalue weighted by Gasteiger charge is 2.54. The summed E-state index contributed by atoms with van der Waals surface area (Å²) >= 11 is 0. The summed E-state index contributed by atoms with van der Waals surface area (Å²) in [4.78, 5) is 32.2. The summed E-state index contributed by atoms with van der Waals surface area (Å²) < 4.78 is 83.3. The van der Waals surface area contributed by atoms with Crippen molar-refractivity contribution in [2.75, 3.05) is 5.73 Å². The van der Waals surface area contributed by atoms with Crippen molar-refractivity contribution in [1.29, 1.82) is 0 Å². The predicted molar refractivity (Wildman–Crippen MR) is 141 cm³/mol. The van der Waals surface area contributed by atoms with Crippen LogP contribution in [0.3, 0.4) is 0 Å². The lowest BCUT2D eigenvalue weighted by Crippen LogP contribution is -2.51.